The topological polar surface area (TPSA) is 93.6 Å². The summed E-state index contributed by atoms with van der Waals surface area (Å²) in [6.07, 6.45) is 1.69. The molecule has 9 heteroatoms. The van der Waals surface area contributed by atoms with E-state index in [0.29, 0.717) is 10.7 Å². The predicted octanol–water partition coefficient (Wildman–Crippen LogP) is 4.20. The molecule has 1 aliphatic heterocycles. The summed E-state index contributed by atoms with van der Waals surface area (Å²) in [5.41, 5.74) is 0.813. The van der Waals surface area contributed by atoms with E-state index in [1.807, 2.05) is 6.07 Å². The summed E-state index contributed by atoms with van der Waals surface area (Å²) in [7, 11) is 0. The Bertz CT molecular complexity index is 1220. The van der Waals surface area contributed by atoms with Crippen LogP contribution in [0.5, 0.6) is 0 Å². The van der Waals surface area contributed by atoms with Gasteiger partial charge in [0.2, 0.25) is 17.6 Å². The van der Waals surface area contributed by atoms with Crippen LogP contribution in [0.4, 0.5) is 5.69 Å². The third-order valence-electron chi connectivity index (χ3n) is 4.88. The van der Waals surface area contributed by atoms with E-state index in [1.54, 1.807) is 42.6 Å². The van der Waals surface area contributed by atoms with E-state index in [0.717, 1.165) is 4.90 Å². The number of aromatic nitrogens is 1. The molecule has 0 radical (unpaired) electrons. The summed E-state index contributed by atoms with van der Waals surface area (Å²) < 4.78 is 5.09. The zero-order chi connectivity index (χ0) is 23.4. The highest BCUT2D eigenvalue weighted by atomic mass is 35.5. The molecule has 1 unspecified atom stereocenters. The largest absolute Gasteiger partial charge is 0.454 e. The maximum atomic E-state index is 12.8. The number of ether oxygens (including phenoxy) is 1. The number of Topliss-reactive ketones (excluding diaryl/α,β-unsaturated/α-hetero) is 1. The Morgan fingerprint density at radius 3 is 2.45 bits per heavy atom. The van der Waals surface area contributed by atoms with Crippen molar-refractivity contribution in [1.82, 2.24) is 4.98 Å². The van der Waals surface area contributed by atoms with Gasteiger partial charge >= 0.3 is 5.97 Å². The minimum absolute atomic E-state index is 0.0635. The highest BCUT2D eigenvalue weighted by Gasteiger charge is 2.40. The van der Waals surface area contributed by atoms with Gasteiger partial charge in [0.15, 0.2) is 6.61 Å². The molecule has 3 aromatic rings. The van der Waals surface area contributed by atoms with Gasteiger partial charge in [-0.2, -0.15) is 0 Å². The molecular weight excluding hydrogens is 464 g/mol. The van der Waals surface area contributed by atoms with Crippen molar-refractivity contribution in [2.45, 2.75) is 16.7 Å². The van der Waals surface area contributed by atoms with Crippen LogP contribution in [0.25, 0.3) is 0 Å². The third-order valence-corrected chi connectivity index (χ3v) is 6.34. The number of rotatable bonds is 7. The lowest BCUT2D eigenvalue weighted by molar-refractivity contribution is -0.121. The summed E-state index contributed by atoms with van der Waals surface area (Å²) in [4.78, 5) is 55.1. The lowest BCUT2D eigenvalue weighted by Gasteiger charge is -2.15. The van der Waals surface area contributed by atoms with Gasteiger partial charge in [0.25, 0.3) is 0 Å². The molecular formula is C24H17ClN2O5S. The number of ketones is 1. The number of pyridine rings is 1. The number of carbonyl (C=O) groups is 4. The maximum Gasteiger partial charge on any atom is 0.338 e. The zero-order valence-electron chi connectivity index (χ0n) is 17.1. The lowest BCUT2D eigenvalue weighted by atomic mass is 10.1. The van der Waals surface area contributed by atoms with Gasteiger partial charge < -0.3 is 4.74 Å². The molecule has 2 aromatic carbocycles. The number of imide groups is 1. The van der Waals surface area contributed by atoms with E-state index >= 15 is 0 Å². The van der Waals surface area contributed by atoms with Crippen LogP contribution in [0.15, 0.2) is 78.0 Å². The van der Waals surface area contributed by atoms with Crippen LogP contribution in [0, 0.1) is 0 Å². The number of esters is 1. The summed E-state index contributed by atoms with van der Waals surface area (Å²) in [6.45, 7) is -0.458. The average molecular weight is 481 g/mol. The maximum absolute atomic E-state index is 12.8. The second kappa shape index (κ2) is 9.97. The molecule has 0 spiro atoms. The number of benzene rings is 2. The van der Waals surface area contributed by atoms with Crippen molar-refractivity contribution in [2.75, 3.05) is 11.5 Å². The molecule has 2 heterocycles. The predicted molar refractivity (Wildman–Crippen MR) is 123 cm³/mol. The Balaban J connectivity index is 1.39. The van der Waals surface area contributed by atoms with Crippen molar-refractivity contribution in [3.8, 4) is 0 Å². The van der Waals surface area contributed by atoms with Crippen LogP contribution in [0.2, 0.25) is 5.02 Å². The summed E-state index contributed by atoms with van der Waals surface area (Å²) in [5, 5.41) is 0.380. The number of hydrogen-bond acceptors (Lipinski definition) is 7. The highest BCUT2D eigenvalue weighted by Crippen LogP contribution is 2.33. The molecule has 166 valence electrons. The van der Waals surface area contributed by atoms with Crippen LogP contribution in [0.1, 0.15) is 27.1 Å². The quantitative estimate of drug-likeness (QED) is 0.284. The highest BCUT2D eigenvalue weighted by molar-refractivity contribution is 8.00. The van der Waals surface area contributed by atoms with E-state index < -0.39 is 23.6 Å². The number of thioether (sulfide) groups is 1. The second-order valence-electron chi connectivity index (χ2n) is 7.07. The Hall–Kier alpha value is -3.49. The summed E-state index contributed by atoms with van der Waals surface area (Å²) in [6, 6.07) is 17.7. The molecule has 2 amide bonds. The Kier molecular flexibility index (Phi) is 6.86. The van der Waals surface area contributed by atoms with E-state index in [-0.39, 0.29) is 34.4 Å². The number of hydrogen-bond donors (Lipinski definition) is 0. The molecule has 0 saturated carbocycles. The van der Waals surface area contributed by atoms with Crippen molar-refractivity contribution in [2.24, 2.45) is 0 Å². The number of carbonyl (C=O) groups excluding carboxylic acids is 4. The molecule has 1 aliphatic rings. The molecule has 0 bridgehead atoms. The first-order valence-electron chi connectivity index (χ1n) is 9.93. The van der Waals surface area contributed by atoms with Gasteiger partial charge in [0.1, 0.15) is 0 Å². The van der Waals surface area contributed by atoms with Gasteiger partial charge in [-0.3, -0.25) is 14.4 Å². The summed E-state index contributed by atoms with van der Waals surface area (Å²) in [5.74, 6) is -1.79. The van der Waals surface area contributed by atoms with E-state index in [9.17, 15) is 19.2 Å². The van der Waals surface area contributed by atoms with Crippen molar-refractivity contribution in [1.29, 1.82) is 0 Å². The van der Waals surface area contributed by atoms with E-state index in [1.165, 1.54) is 36.0 Å². The SMILES string of the molecule is O=C(OCC(=O)c1ccccc1Cl)c1ccc(N2C(=O)CC(Sc3ccccn3)C2=O)cc1. The molecule has 0 N–H and O–H groups in total. The fourth-order valence-corrected chi connectivity index (χ4v) is 4.50. The van der Waals surface area contributed by atoms with Crippen LogP contribution in [-0.2, 0) is 14.3 Å². The van der Waals surface area contributed by atoms with Crippen molar-refractivity contribution in [3.63, 3.8) is 0 Å². The molecule has 1 aromatic heterocycles. The number of halogens is 1. The molecule has 1 saturated heterocycles. The van der Waals surface area contributed by atoms with Crippen molar-refractivity contribution in [3.05, 3.63) is 89.1 Å². The first kappa shape index (κ1) is 22.7. The number of amides is 2. The lowest BCUT2D eigenvalue weighted by Crippen LogP contribution is -2.31. The van der Waals surface area contributed by atoms with Gasteiger partial charge in [0, 0.05) is 18.2 Å². The third kappa shape index (κ3) is 5.13. The minimum atomic E-state index is -0.704. The molecule has 4 rings (SSSR count). The number of nitrogens with zero attached hydrogens (tertiary/aromatic N) is 2. The molecule has 7 nitrogen and oxygen atoms in total. The minimum Gasteiger partial charge on any atom is -0.454 e. The first-order chi connectivity index (χ1) is 15.9. The normalized spacial score (nSPS) is 15.5. The molecule has 33 heavy (non-hydrogen) atoms. The van der Waals surface area contributed by atoms with Crippen molar-refractivity contribution >= 4 is 52.6 Å². The second-order valence-corrected chi connectivity index (χ2v) is 8.70. The Morgan fingerprint density at radius 2 is 1.76 bits per heavy atom. The monoisotopic (exact) mass is 480 g/mol. The Morgan fingerprint density at radius 1 is 1.03 bits per heavy atom. The zero-order valence-corrected chi connectivity index (χ0v) is 18.7. The van der Waals surface area contributed by atoms with Crippen LogP contribution < -0.4 is 4.90 Å². The van der Waals surface area contributed by atoms with Gasteiger partial charge in [-0.05, 0) is 48.5 Å². The molecule has 1 fully saturated rings. The van der Waals surface area contributed by atoms with Crippen LogP contribution in [-0.4, -0.2) is 40.4 Å². The fourth-order valence-electron chi connectivity index (χ4n) is 3.26. The summed E-state index contributed by atoms with van der Waals surface area (Å²) >= 11 is 7.22. The molecule has 1 atom stereocenters. The van der Waals surface area contributed by atoms with Crippen LogP contribution in [0.3, 0.4) is 0 Å². The molecule has 0 aliphatic carbocycles. The van der Waals surface area contributed by atoms with Gasteiger partial charge in [-0.15, -0.1) is 0 Å². The van der Waals surface area contributed by atoms with Gasteiger partial charge in [-0.1, -0.05) is 41.6 Å². The fraction of sp³-hybridized carbons (Fsp3) is 0.125. The first-order valence-corrected chi connectivity index (χ1v) is 11.2. The van der Waals surface area contributed by atoms with E-state index in [2.05, 4.69) is 4.98 Å². The van der Waals surface area contributed by atoms with Gasteiger partial charge in [-0.25, -0.2) is 14.7 Å². The van der Waals surface area contributed by atoms with Gasteiger partial charge in [0.05, 0.1) is 26.5 Å². The van der Waals surface area contributed by atoms with Crippen molar-refractivity contribution < 1.29 is 23.9 Å². The Labute approximate surface area is 198 Å². The van der Waals surface area contributed by atoms with E-state index in [4.69, 9.17) is 16.3 Å². The standard InChI is InChI=1S/C24H17ClN2O5S/c25-18-6-2-1-5-17(18)19(28)14-32-24(31)15-8-10-16(11-9-15)27-22(29)13-20(23(27)30)33-21-7-3-4-12-26-21/h1-12,20H,13-14H2. The van der Waals surface area contributed by atoms with Crippen LogP contribution >= 0.6 is 23.4 Å². The average Bonchev–Trinajstić information content (AvgIpc) is 3.10. The number of anilines is 1. The smallest absolute Gasteiger partial charge is 0.338 e.